The molecular formula is C14H19N. The first-order chi connectivity index (χ1) is 7.31. The molecule has 1 aromatic rings. The van der Waals surface area contributed by atoms with Gasteiger partial charge in [-0.05, 0) is 49.4 Å². The van der Waals surface area contributed by atoms with Crippen LogP contribution in [0.4, 0.5) is 5.69 Å². The maximum atomic E-state index is 3.86. The number of nitrogens with zero attached hydrogens (tertiary/aromatic N) is 1. The van der Waals surface area contributed by atoms with Gasteiger partial charge in [-0.25, -0.2) is 0 Å². The predicted octanol–water partition coefficient (Wildman–Crippen LogP) is 3.63. The summed E-state index contributed by atoms with van der Waals surface area (Å²) in [7, 11) is 0. The van der Waals surface area contributed by atoms with E-state index in [-0.39, 0.29) is 0 Å². The van der Waals surface area contributed by atoms with Crippen LogP contribution in [0.1, 0.15) is 30.4 Å². The van der Waals surface area contributed by atoms with Crippen LogP contribution in [0.25, 0.3) is 6.08 Å². The third kappa shape index (κ3) is 2.23. The van der Waals surface area contributed by atoms with Crippen molar-refractivity contribution < 1.29 is 0 Å². The molecule has 0 spiro atoms. The largest absolute Gasteiger partial charge is 0.372 e. The van der Waals surface area contributed by atoms with Crippen LogP contribution in [-0.4, -0.2) is 13.1 Å². The highest BCUT2D eigenvalue weighted by Crippen LogP contribution is 2.23. The zero-order chi connectivity index (χ0) is 10.7. The molecular weight excluding hydrogens is 182 g/mol. The fourth-order valence-corrected chi connectivity index (χ4v) is 2.20. The van der Waals surface area contributed by atoms with Crippen molar-refractivity contribution in [3.8, 4) is 0 Å². The lowest BCUT2D eigenvalue weighted by Gasteiger charge is -2.29. The molecule has 0 radical (unpaired) electrons. The smallest absolute Gasteiger partial charge is 0.0372 e. The molecule has 0 saturated carbocycles. The van der Waals surface area contributed by atoms with Crippen molar-refractivity contribution in [3.63, 3.8) is 0 Å². The standard InChI is InChI=1S/C14H19N/c1-3-13-11-14(8-7-12(13)2)15-9-5-4-6-10-15/h3,7-8,11H,1,4-6,9-10H2,2H3. The molecule has 1 nitrogen and oxygen atoms in total. The van der Waals surface area contributed by atoms with Gasteiger partial charge in [-0.1, -0.05) is 18.7 Å². The summed E-state index contributed by atoms with van der Waals surface area (Å²) in [5, 5.41) is 0. The molecule has 1 heterocycles. The Morgan fingerprint density at radius 1 is 1.20 bits per heavy atom. The topological polar surface area (TPSA) is 3.24 Å². The summed E-state index contributed by atoms with van der Waals surface area (Å²) in [5.41, 5.74) is 3.93. The third-order valence-electron chi connectivity index (χ3n) is 3.20. The first kappa shape index (κ1) is 10.3. The predicted molar refractivity (Wildman–Crippen MR) is 67.3 cm³/mol. The van der Waals surface area contributed by atoms with Crippen LogP contribution >= 0.6 is 0 Å². The van der Waals surface area contributed by atoms with Crippen molar-refractivity contribution in [1.29, 1.82) is 0 Å². The van der Waals surface area contributed by atoms with Gasteiger partial charge in [0, 0.05) is 18.8 Å². The fraction of sp³-hybridized carbons (Fsp3) is 0.429. The maximum absolute atomic E-state index is 3.86. The monoisotopic (exact) mass is 201 g/mol. The van der Waals surface area contributed by atoms with Gasteiger partial charge in [0.25, 0.3) is 0 Å². The van der Waals surface area contributed by atoms with E-state index in [1.165, 1.54) is 49.2 Å². The van der Waals surface area contributed by atoms with Crippen LogP contribution in [-0.2, 0) is 0 Å². The molecule has 0 atom stereocenters. The minimum atomic E-state index is 1.21. The Hall–Kier alpha value is -1.24. The van der Waals surface area contributed by atoms with Gasteiger partial charge in [-0.2, -0.15) is 0 Å². The van der Waals surface area contributed by atoms with E-state index < -0.39 is 0 Å². The van der Waals surface area contributed by atoms with Gasteiger partial charge >= 0.3 is 0 Å². The number of rotatable bonds is 2. The highest BCUT2D eigenvalue weighted by molar-refractivity contribution is 5.60. The van der Waals surface area contributed by atoms with Gasteiger partial charge in [0.15, 0.2) is 0 Å². The molecule has 1 aliphatic rings. The van der Waals surface area contributed by atoms with Crippen molar-refractivity contribution in [3.05, 3.63) is 35.9 Å². The van der Waals surface area contributed by atoms with Gasteiger partial charge in [0.1, 0.15) is 0 Å². The first-order valence-corrected chi connectivity index (χ1v) is 5.79. The van der Waals surface area contributed by atoms with E-state index >= 15 is 0 Å². The minimum absolute atomic E-state index is 1.21. The molecule has 0 amide bonds. The lowest BCUT2D eigenvalue weighted by Crippen LogP contribution is -2.29. The van der Waals surface area contributed by atoms with E-state index in [4.69, 9.17) is 0 Å². The summed E-state index contributed by atoms with van der Waals surface area (Å²) in [6.45, 7) is 8.41. The molecule has 0 N–H and O–H groups in total. The average molecular weight is 201 g/mol. The summed E-state index contributed by atoms with van der Waals surface area (Å²) >= 11 is 0. The van der Waals surface area contributed by atoms with E-state index in [1.54, 1.807) is 0 Å². The molecule has 80 valence electrons. The molecule has 0 bridgehead atoms. The number of piperidine rings is 1. The summed E-state index contributed by atoms with van der Waals surface area (Å²) < 4.78 is 0. The second-order valence-corrected chi connectivity index (χ2v) is 4.29. The average Bonchev–Trinajstić information content (AvgIpc) is 2.31. The van der Waals surface area contributed by atoms with Crippen LogP contribution in [0.3, 0.4) is 0 Å². The number of aryl methyl sites for hydroxylation is 1. The minimum Gasteiger partial charge on any atom is -0.372 e. The van der Waals surface area contributed by atoms with Crippen LogP contribution < -0.4 is 4.90 Å². The van der Waals surface area contributed by atoms with E-state index in [0.717, 1.165) is 0 Å². The Morgan fingerprint density at radius 3 is 2.60 bits per heavy atom. The Kier molecular flexibility index (Phi) is 3.10. The lowest BCUT2D eigenvalue weighted by molar-refractivity contribution is 0.578. The SMILES string of the molecule is C=Cc1cc(N2CCCCC2)ccc1C. The second-order valence-electron chi connectivity index (χ2n) is 4.29. The molecule has 1 aliphatic heterocycles. The Bertz CT molecular complexity index is 348. The van der Waals surface area contributed by atoms with Crippen molar-refractivity contribution >= 4 is 11.8 Å². The molecule has 1 fully saturated rings. The normalized spacial score (nSPS) is 16.5. The quantitative estimate of drug-likeness (QED) is 0.706. The lowest BCUT2D eigenvalue weighted by atomic mass is 10.1. The molecule has 1 saturated heterocycles. The zero-order valence-corrected chi connectivity index (χ0v) is 9.50. The number of anilines is 1. The molecule has 15 heavy (non-hydrogen) atoms. The van der Waals surface area contributed by atoms with E-state index in [1.807, 2.05) is 6.08 Å². The van der Waals surface area contributed by atoms with Gasteiger partial charge in [-0.3, -0.25) is 0 Å². The highest BCUT2D eigenvalue weighted by Gasteiger charge is 2.11. The molecule has 2 rings (SSSR count). The fourth-order valence-electron chi connectivity index (χ4n) is 2.20. The van der Waals surface area contributed by atoms with Crippen LogP contribution in [0.5, 0.6) is 0 Å². The van der Waals surface area contributed by atoms with Gasteiger partial charge in [0.05, 0.1) is 0 Å². The van der Waals surface area contributed by atoms with Crippen LogP contribution in [0, 0.1) is 6.92 Å². The number of hydrogen-bond donors (Lipinski definition) is 0. The summed E-state index contributed by atoms with van der Waals surface area (Å²) in [6.07, 6.45) is 5.99. The number of hydrogen-bond acceptors (Lipinski definition) is 1. The molecule has 0 aliphatic carbocycles. The van der Waals surface area contributed by atoms with Gasteiger partial charge < -0.3 is 4.90 Å². The van der Waals surface area contributed by atoms with E-state index in [0.29, 0.717) is 0 Å². The van der Waals surface area contributed by atoms with Crippen LogP contribution in [0.15, 0.2) is 24.8 Å². The Morgan fingerprint density at radius 2 is 1.93 bits per heavy atom. The maximum Gasteiger partial charge on any atom is 0.0372 e. The number of benzene rings is 1. The highest BCUT2D eigenvalue weighted by atomic mass is 15.1. The van der Waals surface area contributed by atoms with Crippen LogP contribution in [0.2, 0.25) is 0 Å². The first-order valence-electron chi connectivity index (χ1n) is 5.79. The Balaban J connectivity index is 2.23. The van der Waals surface area contributed by atoms with Crippen molar-refractivity contribution in [2.24, 2.45) is 0 Å². The van der Waals surface area contributed by atoms with Crippen molar-refractivity contribution in [1.82, 2.24) is 0 Å². The molecule has 0 unspecified atom stereocenters. The van der Waals surface area contributed by atoms with E-state index in [9.17, 15) is 0 Å². The second kappa shape index (κ2) is 4.52. The van der Waals surface area contributed by atoms with Gasteiger partial charge in [-0.15, -0.1) is 0 Å². The molecule has 1 aromatic carbocycles. The zero-order valence-electron chi connectivity index (χ0n) is 9.50. The van der Waals surface area contributed by atoms with Crippen molar-refractivity contribution in [2.75, 3.05) is 18.0 Å². The Labute approximate surface area is 92.4 Å². The third-order valence-corrected chi connectivity index (χ3v) is 3.20. The summed E-state index contributed by atoms with van der Waals surface area (Å²) in [6, 6.07) is 6.68. The summed E-state index contributed by atoms with van der Waals surface area (Å²) in [4.78, 5) is 2.48. The summed E-state index contributed by atoms with van der Waals surface area (Å²) in [5.74, 6) is 0. The van der Waals surface area contributed by atoms with Crippen molar-refractivity contribution in [2.45, 2.75) is 26.2 Å². The van der Waals surface area contributed by atoms with Gasteiger partial charge in [0.2, 0.25) is 0 Å². The molecule has 1 heteroatoms. The molecule has 0 aromatic heterocycles. The van der Waals surface area contributed by atoms with E-state index in [2.05, 4.69) is 36.6 Å².